The summed E-state index contributed by atoms with van der Waals surface area (Å²) in [6.45, 7) is 2.29. The minimum Gasteiger partial charge on any atom is -0.360 e. The highest BCUT2D eigenvalue weighted by molar-refractivity contribution is 7.98. The number of aryl methyl sites for hydroxylation is 1. The number of hydrogen-bond donors (Lipinski definition) is 2. The smallest absolute Gasteiger partial charge is 0.320 e. The average Bonchev–Trinajstić information content (AvgIpc) is 2.92. The number of carbonyl (C=O) groups is 1. The average molecular weight is 316 g/mol. The zero-order chi connectivity index (χ0) is 15.8. The van der Waals surface area contributed by atoms with E-state index in [0.717, 1.165) is 17.1 Å². The molecule has 0 radical (unpaired) electrons. The lowest BCUT2D eigenvalue weighted by Crippen LogP contribution is -2.30. The van der Waals surface area contributed by atoms with Crippen molar-refractivity contribution in [1.82, 2.24) is 10.5 Å². The predicted octanol–water partition coefficient (Wildman–Crippen LogP) is 2.91. The quantitative estimate of drug-likeness (QED) is 0.800. The van der Waals surface area contributed by atoms with Crippen molar-refractivity contribution in [1.29, 1.82) is 5.26 Å². The number of carbonyl (C=O) groups excluding carboxylic acids is 1. The molecule has 0 unspecified atom stereocenters. The van der Waals surface area contributed by atoms with Crippen LogP contribution >= 0.6 is 11.8 Å². The normalized spacial score (nSPS) is 10.0. The first kappa shape index (κ1) is 15.9. The fraction of sp³-hybridized carbons (Fsp3) is 0.267. The molecule has 0 fully saturated rings. The van der Waals surface area contributed by atoms with Crippen LogP contribution in [0.5, 0.6) is 0 Å². The van der Waals surface area contributed by atoms with Crippen LogP contribution in [0.25, 0.3) is 0 Å². The Kier molecular flexibility index (Phi) is 5.86. The number of hydrogen-bond acceptors (Lipinski definition) is 5. The van der Waals surface area contributed by atoms with Gasteiger partial charge in [-0.2, -0.15) is 17.0 Å². The molecule has 114 valence electrons. The summed E-state index contributed by atoms with van der Waals surface area (Å²) in [5.41, 5.74) is 1.71. The number of aromatic nitrogens is 1. The van der Waals surface area contributed by atoms with Gasteiger partial charge in [0.05, 0.1) is 11.6 Å². The van der Waals surface area contributed by atoms with E-state index in [1.165, 1.54) is 0 Å². The van der Waals surface area contributed by atoms with Crippen LogP contribution in [0.15, 0.2) is 34.9 Å². The van der Waals surface area contributed by atoms with Crippen LogP contribution in [-0.2, 0) is 5.75 Å². The van der Waals surface area contributed by atoms with Crippen molar-refractivity contribution in [2.45, 2.75) is 12.7 Å². The zero-order valence-electron chi connectivity index (χ0n) is 12.1. The van der Waals surface area contributed by atoms with Crippen molar-refractivity contribution in [3.63, 3.8) is 0 Å². The van der Waals surface area contributed by atoms with Crippen LogP contribution in [0.3, 0.4) is 0 Å². The summed E-state index contributed by atoms with van der Waals surface area (Å²) >= 11 is 1.66. The topological polar surface area (TPSA) is 91.0 Å². The van der Waals surface area contributed by atoms with E-state index in [0.29, 0.717) is 23.7 Å². The molecule has 0 atom stereocenters. The Morgan fingerprint density at radius 3 is 3.00 bits per heavy atom. The van der Waals surface area contributed by atoms with E-state index < -0.39 is 0 Å². The highest BCUT2D eigenvalue weighted by Gasteiger charge is 2.05. The molecule has 0 aliphatic rings. The Balaban J connectivity index is 1.65. The van der Waals surface area contributed by atoms with Crippen molar-refractivity contribution in [2.75, 3.05) is 17.6 Å². The molecule has 0 spiro atoms. The van der Waals surface area contributed by atoms with Crippen molar-refractivity contribution < 1.29 is 9.32 Å². The van der Waals surface area contributed by atoms with Crippen LogP contribution in [0.1, 0.15) is 16.9 Å². The molecule has 7 heteroatoms. The molecule has 1 aromatic heterocycles. The first-order chi connectivity index (χ1) is 10.7. The Morgan fingerprint density at radius 1 is 1.45 bits per heavy atom. The molecular weight excluding hydrogens is 300 g/mol. The second-order valence-electron chi connectivity index (χ2n) is 4.53. The molecule has 1 aromatic carbocycles. The maximum atomic E-state index is 11.6. The third-order valence-electron chi connectivity index (χ3n) is 2.80. The van der Waals surface area contributed by atoms with Crippen molar-refractivity contribution in [3.8, 4) is 6.07 Å². The van der Waals surface area contributed by atoms with Gasteiger partial charge < -0.3 is 9.84 Å². The van der Waals surface area contributed by atoms with Gasteiger partial charge in [-0.15, -0.1) is 0 Å². The third-order valence-corrected chi connectivity index (χ3v) is 3.80. The van der Waals surface area contributed by atoms with Gasteiger partial charge in [0.2, 0.25) is 0 Å². The summed E-state index contributed by atoms with van der Waals surface area (Å²) < 4.78 is 4.86. The summed E-state index contributed by atoms with van der Waals surface area (Å²) in [5.74, 6) is 2.54. The summed E-state index contributed by atoms with van der Waals surface area (Å²) in [6, 6.07) is 11.0. The Labute approximate surface area is 132 Å². The lowest BCUT2D eigenvalue weighted by Gasteiger charge is -2.06. The highest BCUT2D eigenvalue weighted by atomic mass is 32.2. The lowest BCUT2D eigenvalue weighted by molar-refractivity contribution is 0.252. The van der Waals surface area contributed by atoms with Crippen molar-refractivity contribution in [2.24, 2.45) is 0 Å². The summed E-state index contributed by atoms with van der Waals surface area (Å²) in [6.07, 6.45) is 0. The number of anilines is 1. The molecular formula is C15H16N4O2S. The molecule has 22 heavy (non-hydrogen) atoms. The van der Waals surface area contributed by atoms with Gasteiger partial charge in [0.25, 0.3) is 0 Å². The van der Waals surface area contributed by atoms with Crippen LogP contribution in [-0.4, -0.2) is 23.5 Å². The van der Waals surface area contributed by atoms with Crippen LogP contribution < -0.4 is 10.6 Å². The number of thioether (sulfide) groups is 1. The highest BCUT2D eigenvalue weighted by Crippen LogP contribution is 2.15. The molecule has 6 nitrogen and oxygen atoms in total. The number of benzene rings is 1. The lowest BCUT2D eigenvalue weighted by atomic mass is 10.1. The number of rotatable bonds is 6. The van der Waals surface area contributed by atoms with Gasteiger partial charge in [-0.1, -0.05) is 23.4 Å². The van der Waals surface area contributed by atoms with E-state index >= 15 is 0 Å². The van der Waals surface area contributed by atoms with Gasteiger partial charge >= 0.3 is 6.03 Å². The molecule has 2 rings (SSSR count). The van der Waals surface area contributed by atoms with Crippen LogP contribution in [0.2, 0.25) is 0 Å². The predicted molar refractivity (Wildman–Crippen MR) is 85.6 cm³/mol. The first-order valence-electron chi connectivity index (χ1n) is 6.73. The van der Waals surface area contributed by atoms with E-state index in [1.807, 2.05) is 24.3 Å². The molecule has 0 saturated carbocycles. The molecule has 2 amide bonds. The van der Waals surface area contributed by atoms with Gasteiger partial charge in [-0.25, -0.2) is 4.79 Å². The minimum atomic E-state index is -0.314. The largest absolute Gasteiger partial charge is 0.360 e. The standard InChI is InChI=1S/C15H16N4O2S/c1-11-8-14(19-21-11)18-15(20)17-6-7-22-10-13-5-3-2-4-12(13)9-16/h2-5,8H,6-7,10H2,1H3,(H2,17,18,19,20). The molecule has 2 N–H and O–H groups in total. The molecule has 0 aliphatic carbocycles. The second-order valence-corrected chi connectivity index (χ2v) is 5.63. The molecule has 0 aliphatic heterocycles. The third kappa shape index (κ3) is 4.82. The summed E-state index contributed by atoms with van der Waals surface area (Å²) in [4.78, 5) is 11.6. The van der Waals surface area contributed by atoms with Crippen molar-refractivity contribution >= 4 is 23.6 Å². The fourth-order valence-electron chi connectivity index (χ4n) is 1.76. The maximum absolute atomic E-state index is 11.6. The van der Waals surface area contributed by atoms with E-state index in [2.05, 4.69) is 21.9 Å². The van der Waals surface area contributed by atoms with Gasteiger partial charge in [0.15, 0.2) is 5.82 Å². The molecule has 2 aromatic rings. The molecule has 0 bridgehead atoms. The van der Waals surface area contributed by atoms with Crippen molar-refractivity contribution in [3.05, 3.63) is 47.2 Å². The number of nitriles is 1. The van der Waals surface area contributed by atoms with Gasteiger partial charge in [-0.05, 0) is 18.6 Å². The van der Waals surface area contributed by atoms with Gasteiger partial charge in [0.1, 0.15) is 5.76 Å². The number of nitrogens with one attached hydrogen (secondary N) is 2. The minimum absolute atomic E-state index is 0.314. The summed E-state index contributed by atoms with van der Waals surface area (Å²) in [7, 11) is 0. The molecule has 1 heterocycles. The van der Waals surface area contributed by atoms with E-state index in [4.69, 9.17) is 9.78 Å². The fourth-order valence-corrected chi connectivity index (χ4v) is 2.62. The number of amides is 2. The Bertz CT molecular complexity index is 678. The number of nitrogens with zero attached hydrogens (tertiary/aromatic N) is 2. The van der Waals surface area contributed by atoms with E-state index in [-0.39, 0.29) is 6.03 Å². The van der Waals surface area contributed by atoms with Gasteiger partial charge in [-0.3, -0.25) is 5.32 Å². The second kappa shape index (κ2) is 8.10. The van der Waals surface area contributed by atoms with Crippen LogP contribution in [0, 0.1) is 18.3 Å². The Hall–Kier alpha value is -2.46. The SMILES string of the molecule is Cc1cc(NC(=O)NCCSCc2ccccc2C#N)no1. The maximum Gasteiger partial charge on any atom is 0.320 e. The Morgan fingerprint density at radius 2 is 2.27 bits per heavy atom. The number of urea groups is 1. The van der Waals surface area contributed by atoms with Crippen LogP contribution in [0.4, 0.5) is 10.6 Å². The molecule has 0 saturated heterocycles. The van der Waals surface area contributed by atoms with E-state index in [9.17, 15) is 4.79 Å². The van der Waals surface area contributed by atoms with E-state index in [1.54, 1.807) is 24.8 Å². The zero-order valence-corrected chi connectivity index (χ0v) is 12.9. The first-order valence-corrected chi connectivity index (χ1v) is 7.88. The summed E-state index contributed by atoms with van der Waals surface area (Å²) in [5, 5.41) is 18.0. The monoisotopic (exact) mass is 316 g/mol. The van der Waals surface area contributed by atoms with Gasteiger partial charge in [0, 0.05) is 24.1 Å².